The summed E-state index contributed by atoms with van der Waals surface area (Å²) in [7, 11) is 0. The molecule has 7 nitrogen and oxygen atoms in total. The molecule has 0 spiro atoms. The van der Waals surface area contributed by atoms with Crippen molar-refractivity contribution in [2.24, 2.45) is 4.99 Å². The summed E-state index contributed by atoms with van der Waals surface area (Å²) in [4.78, 5) is 19.2. The zero-order valence-corrected chi connectivity index (χ0v) is 21.0. The number of nitrogens with one attached hydrogen (secondary N) is 3. The zero-order chi connectivity index (χ0) is 21.2. The van der Waals surface area contributed by atoms with E-state index in [4.69, 9.17) is 0 Å². The minimum atomic E-state index is -0.166. The second kappa shape index (κ2) is 13.5. The molecule has 0 atom stereocenters. The lowest BCUT2D eigenvalue weighted by Crippen LogP contribution is -2.48. The quantitative estimate of drug-likeness (QED) is 0.174. The molecular formula is C22H32IN5O2S. The molecule has 1 saturated heterocycles. The van der Waals surface area contributed by atoms with Crippen molar-refractivity contribution in [1.82, 2.24) is 20.9 Å². The maximum atomic E-state index is 12.1. The molecule has 1 aromatic carbocycles. The Hall–Kier alpha value is -1.85. The molecule has 0 bridgehead atoms. The normalized spacial score (nSPS) is 15.2. The molecule has 2 heterocycles. The van der Waals surface area contributed by atoms with Crippen LogP contribution >= 0.6 is 35.3 Å². The molecule has 1 fully saturated rings. The largest absolute Gasteiger partial charge is 0.508 e. The molecule has 1 amide bonds. The topological polar surface area (TPSA) is 89.0 Å². The Morgan fingerprint density at radius 1 is 1.19 bits per heavy atom. The molecule has 0 radical (unpaired) electrons. The maximum Gasteiger partial charge on any atom is 0.251 e. The average Bonchev–Trinajstić information content (AvgIpc) is 3.26. The zero-order valence-electron chi connectivity index (χ0n) is 17.8. The van der Waals surface area contributed by atoms with Gasteiger partial charge in [0, 0.05) is 44.3 Å². The standard InChI is InChI=1S/C22H31N5O2S.HI/c1-2-23-22(25-11-10-24-21(29)18-3-5-20(28)6-4-18)26-19-7-12-27(13-8-19)15-17-9-14-30-16-17;/h3-6,9,14,16,19,28H,2,7-8,10-13,15H2,1H3,(H,24,29)(H2,23,25,26);1H. The number of amides is 1. The van der Waals surface area contributed by atoms with Crippen LogP contribution in [0.3, 0.4) is 0 Å². The van der Waals surface area contributed by atoms with E-state index in [1.807, 2.05) is 6.92 Å². The first-order valence-corrected chi connectivity index (χ1v) is 11.4. The number of guanidine groups is 1. The molecular weight excluding hydrogens is 525 g/mol. The van der Waals surface area contributed by atoms with Gasteiger partial charge < -0.3 is 21.1 Å². The van der Waals surface area contributed by atoms with Crippen LogP contribution in [0.25, 0.3) is 0 Å². The summed E-state index contributed by atoms with van der Waals surface area (Å²) in [6.07, 6.45) is 2.18. The molecule has 31 heavy (non-hydrogen) atoms. The molecule has 4 N–H and O–H groups in total. The van der Waals surface area contributed by atoms with Gasteiger partial charge in [0.25, 0.3) is 5.91 Å². The number of hydrogen-bond acceptors (Lipinski definition) is 5. The molecule has 2 aromatic rings. The van der Waals surface area contributed by atoms with Gasteiger partial charge in [0.2, 0.25) is 0 Å². The highest BCUT2D eigenvalue weighted by Gasteiger charge is 2.20. The molecule has 1 aromatic heterocycles. The van der Waals surface area contributed by atoms with Crippen LogP contribution < -0.4 is 16.0 Å². The number of piperidine rings is 1. The predicted octanol–water partition coefficient (Wildman–Crippen LogP) is 3.02. The summed E-state index contributed by atoms with van der Waals surface area (Å²) < 4.78 is 0. The van der Waals surface area contributed by atoms with Crippen LogP contribution in [0.2, 0.25) is 0 Å². The van der Waals surface area contributed by atoms with Gasteiger partial charge in [-0.15, -0.1) is 24.0 Å². The van der Waals surface area contributed by atoms with Crippen LogP contribution in [0.15, 0.2) is 46.1 Å². The monoisotopic (exact) mass is 557 g/mol. The van der Waals surface area contributed by atoms with Crippen LogP contribution in [0, 0.1) is 0 Å². The number of aliphatic imine (C=N–C) groups is 1. The molecule has 1 aliphatic rings. The van der Waals surface area contributed by atoms with E-state index >= 15 is 0 Å². The Labute approximate surface area is 205 Å². The Morgan fingerprint density at radius 3 is 2.58 bits per heavy atom. The van der Waals surface area contributed by atoms with E-state index in [1.165, 1.54) is 17.7 Å². The number of halogens is 1. The van der Waals surface area contributed by atoms with Crippen molar-refractivity contribution in [3.05, 3.63) is 52.2 Å². The number of nitrogens with zero attached hydrogens (tertiary/aromatic N) is 2. The number of thiophene rings is 1. The van der Waals surface area contributed by atoms with E-state index in [1.54, 1.807) is 23.5 Å². The third-order valence-corrected chi connectivity index (χ3v) is 5.79. The lowest BCUT2D eigenvalue weighted by atomic mass is 10.0. The summed E-state index contributed by atoms with van der Waals surface area (Å²) in [5, 5.41) is 23.3. The molecule has 0 unspecified atom stereocenters. The lowest BCUT2D eigenvalue weighted by molar-refractivity contribution is 0.0955. The lowest BCUT2D eigenvalue weighted by Gasteiger charge is -2.33. The van der Waals surface area contributed by atoms with Gasteiger partial charge >= 0.3 is 0 Å². The first-order valence-electron chi connectivity index (χ1n) is 10.5. The molecule has 3 rings (SSSR count). The van der Waals surface area contributed by atoms with E-state index < -0.39 is 0 Å². The summed E-state index contributed by atoms with van der Waals surface area (Å²) in [5.74, 6) is 0.781. The van der Waals surface area contributed by atoms with Gasteiger partial charge in [-0.05, 0) is 66.4 Å². The first kappa shape index (κ1) is 25.4. The van der Waals surface area contributed by atoms with Gasteiger partial charge in [-0.2, -0.15) is 11.3 Å². The number of phenols is 1. The number of carbonyl (C=O) groups excluding carboxylic acids is 1. The summed E-state index contributed by atoms with van der Waals surface area (Å²) in [6.45, 7) is 6.98. The van der Waals surface area contributed by atoms with Crippen LogP contribution in [0.1, 0.15) is 35.7 Å². The van der Waals surface area contributed by atoms with Crippen LogP contribution in [-0.4, -0.2) is 60.6 Å². The highest BCUT2D eigenvalue weighted by molar-refractivity contribution is 14.0. The van der Waals surface area contributed by atoms with Gasteiger partial charge in [0.1, 0.15) is 5.75 Å². The smallest absolute Gasteiger partial charge is 0.251 e. The van der Waals surface area contributed by atoms with E-state index in [9.17, 15) is 9.90 Å². The number of benzene rings is 1. The van der Waals surface area contributed by atoms with Crippen molar-refractivity contribution in [3.63, 3.8) is 0 Å². The van der Waals surface area contributed by atoms with E-state index in [0.717, 1.165) is 45.0 Å². The Balaban J connectivity index is 0.00000341. The minimum Gasteiger partial charge on any atom is -0.508 e. The van der Waals surface area contributed by atoms with Gasteiger partial charge in [-0.1, -0.05) is 0 Å². The number of aromatic hydroxyl groups is 1. The number of carbonyl (C=O) groups is 1. The fraction of sp³-hybridized carbons (Fsp3) is 0.455. The van der Waals surface area contributed by atoms with Crippen LogP contribution in [0.4, 0.5) is 0 Å². The van der Waals surface area contributed by atoms with Crippen molar-refractivity contribution >= 4 is 47.2 Å². The summed E-state index contributed by atoms with van der Waals surface area (Å²) >= 11 is 1.75. The third-order valence-electron chi connectivity index (χ3n) is 5.06. The van der Waals surface area contributed by atoms with Gasteiger partial charge in [0.15, 0.2) is 5.96 Å². The van der Waals surface area contributed by atoms with Crippen molar-refractivity contribution in [2.45, 2.75) is 32.4 Å². The van der Waals surface area contributed by atoms with Crippen LogP contribution in [-0.2, 0) is 6.54 Å². The molecule has 1 aliphatic heterocycles. The van der Waals surface area contributed by atoms with Gasteiger partial charge in [-0.25, -0.2) is 0 Å². The van der Waals surface area contributed by atoms with E-state index in [2.05, 4.69) is 42.7 Å². The molecule has 0 aliphatic carbocycles. The first-order chi connectivity index (χ1) is 14.6. The van der Waals surface area contributed by atoms with E-state index in [-0.39, 0.29) is 35.6 Å². The van der Waals surface area contributed by atoms with Crippen LogP contribution in [0.5, 0.6) is 5.75 Å². The Morgan fingerprint density at radius 2 is 1.94 bits per heavy atom. The second-order valence-corrected chi connectivity index (χ2v) is 8.17. The molecule has 0 saturated carbocycles. The van der Waals surface area contributed by atoms with Crippen molar-refractivity contribution in [2.75, 3.05) is 32.7 Å². The number of phenolic OH excluding ortho intramolecular Hbond substituents is 1. The molecule has 9 heteroatoms. The fourth-order valence-electron chi connectivity index (χ4n) is 3.44. The number of likely N-dealkylation sites (tertiary alicyclic amines) is 1. The Kier molecular flexibility index (Phi) is 11.1. The van der Waals surface area contributed by atoms with E-state index in [0.29, 0.717) is 24.7 Å². The highest BCUT2D eigenvalue weighted by atomic mass is 127. The third kappa shape index (κ3) is 8.66. The van der Waals surface area contributed by atoms with Gasteiger partial charge in [0.05, 0.1) is 6.54 Å². The second-order valence-electron chi connectivity index (χ2n) is 7.39. The fourth-order valence-corrected chi connectivity index (χ4v) is 4.10. The predicted molar refractivity (Wildman–Crippen MR) is 138 cm³/mol. The number of rotatable bonds is 8. The summed E-state index contributed by atoms with van der Waals surface area (Å²) in [5.41, 5.74) is 1.92. The highest BCUT2D eigenvalue weighted by Crippen LogP contribution is 2.15. The average molecular weight is 558 g/mol. The van der Waals surface area contributed by atoms with Crippen molar-refractivity contribution in [3.8, 4) is 5.75 Å². The van der Waals surface area contributed by atoms with Crippen molar-refractivity contribution in [1.29, 1.82) is 0 Å². The van der Waals surface area contributed by atoms with Crippen molar-refractivity contribution < 1.29 is 9.90 Å². The summed E-state index contributed by atoms with van der Waals surface area (Å²) in [6, 6.07) is 8.82. The molecule has 170 valence electrons. The maximum absolute atomic E-state index is 12.1. The van der Waals surface area contributed by atoms with Gasteiger partial charge in [-0.3, -0.25) is 14.7 Å². The number of hydrogen-bond donors (Lipinski definition) is 4. The minimum absolute atomic E-state index is 0. The Bertz CT molecular complexity index is 806. The SMILES string of the molecule is CCNC(=NCCNC(=O)c1ccc(O)cc1)NC1CCN(Cc2ccsc2)CC1.I.